The van der Waals surface area contributed by atoms with E-state index in [1.165, 1.54) is 12.1 Å². The van der Waals surface area contributed by atoms with Crippen LogP contribution in [0.5, 0.6) is 5.75 Å². The lowest BCUT2D eigenvalue weighted by molar-refractivity contribution is -0.138. The summed E-state index contributed by atoms with van der Waals surface area (Å²) in [6.45, 7) is 2.46. The molecule has 0 aliphatic carbocycles. The van der Waals surface area contributed by atoms with Gasteiger partial charge >= 0.3 is 12.1 Å². The highest BCUT2D eigenvalue weighted by molar-refractivity contribution is 5.88. The second kappa shape index (κ2) is 9.83. The molecule has 0 saturated heterocycles. The van der Waals surface area contributed by atoms with Gasteiger partial charge in [-0.25, -0.2) is 0 Å². The topological polar surface area (TPSA) is 86.7 Å². The standard InChI is InChI=1S/C25H23F3N2O5/c1-3-33-13-20-21(29-35-24(20)15-4-6-17(7-5-15)25(26,27)28)14-34-18-8-9-19-16(10-23(31)32)12-30(2)22(19)11-18/h4-9,11-12H,3,10,13-14H2,1-2H3,(H,31,32). The van der Waals surface area contributed by atoms with E-state index < -0.39 is 17.7 Å². The number of fused-ring (bicyclic) bond motifs is 1. The number of aliphatic carboxylic acids is 1. The van der Waals surface area contributed by atoms with Crippen LogP contribution in [0.3, 0.4) is 0 Å². The van der Waals surface area contributed by atoms with E-state index in [2.05, 4.69) is 5.16 Å². The Morgan fingerprint density at radius 3 is 2.54 bits per heavy atom. The minimum absolute atomic E-state index is 0.0461. The van der Waals surface area contributed by atoms with Crippen LogP contribution in [0.4, 0.5) is 13.2 Å². The monoisotopic (exact) mass is 488 g/mol. The first-order chi connectivity index (χ1) is 16.7. The number of ether oxygens (including phenoxy) is 2. The summed E-state index contributed by atoms with van der Waals surface area (Å²) in [5, 5.41) is 14.0. The van der Waals surface area contributed by atoms with Crippen molar-refractivity contribution in [3.8, 4) is 17.1 Å². The second-order valence-electron chi connectivity index (χ2n) is 7.95. The summed E-state index contributed by atoms with van der Waals surface area (Å²) in [4.78, 5) is 11.1. The molecule has 0 atom stereocenters. The first-order valence-corrected chi connectivity index (χ1v) is 10.8. The number of carboxylic acid groups (broad SMARTS) is 1. The lowest BCUT2D eigenvalue weighted by Crippen LogP contribution is -2.04. The van der Waals surface area contributed by atoms with Gasteiger partial charge in [-0.3, -0.25) is 4.79 Å². The summed E-state index contributed by atoms with van der Waals surface area (Å²) in [6.07, 6.45) is -2.73. The Labute approximate surface area is 198 Å². The Balaban J connectivity index is 1.57. The maximum absolute atomic E-state index is 12.9. The number of aromatic nitrogens is 2. The maximum Gasteiger partial charge on any atom is 0.416 e. The molecule has 184 valence electrons. The van der Waals surface area contributed by atoms with Crippen LogP contribution in [0, 0.1) is 0 Å². The maximum atomic E-state index is 12.9. The largest absolute Gasteiger partial charge is 0.487 e. The highest BCUT2D eigenvalue weighted by Crippen LogP contribution is 2.33. The van der Waals surface area contributed by atoms with Gasteiger partial charge in [0.1, 0.15) is 18.1 Å². The summed E-state index contributed by atoms with van der Waals surface area (Å²) in [5.41, 5.74) is 2.28. The lowest BCUT2D eigenvalue weighted by Gasteiger charge is -2.09. The number of hydrogen-bond donors (Lipinski definition) is 1. The molecule has 2 aromatic carbocycles. The zero-order valence-corrected chi connectivity index (χ0v) is 19.1. The molecule has 0 amide bonds. The van der Waals surface area contributed by atoms with Crippen LogP contribution in [0.15, 0.2) is 53.2 Å². The third-order valence-electron chi connectivity index (χ3n) is 5.56. The Kier molecular flexibility index (Phi) is 6.83. The molecular weight excluding hydrogens is 465 g/mol. The van der Waals surface area contributed by atoms with E-state index >= 15 is 0 Å². The number of nitrogens with zero attached hydrogens (tertiary/aromatic N) is 2. The highest BCUT2D eigenvalue weighted by atomic mass is 19.4. The number of hydrogen-bond acceptors (Lipinski definition) is 5. The van der Waals surface area contributed by atoms with Gasteiger partial charge in [-0.15, -0.1) is 0 Å². The van der Waals surface area contributed by atoms with E-state index in [0.29, 0.717) is 40.5 Å². The van der Waals surface area contributed by atoms with Crippen molar-refractivity contribution in [3.05, 3.63) is 71.0 Å². The predicted molar refractivity (Wildman–Crippen MR) is 121 cm³/mol. The molecule has 0 unspecified atom stereocenters. The van der Waals surface area contributed by atoms with Gasteiger partial charge in [0.25, 0.3) is 0 Å². The van der Waals surface area contributed by atoms with Gasteiger partial charge in [-0.2, -0.15) is 13.2 Å². The number of halogens is 3. The summed E-state index contributed by atoms with van der Waals surface area (Å²) in [5.74, 6) is -0.0430. The number of carbonyl (C=O) groups is 1. The molecule has 1 N–H and O–H groups in total. The van der Waals surface area contributed by atoms with E-state index in [9.17, 15) is 18.0 Å². The van der Waals surface area contributed by atoms with E-state index in [0.717, 1.165) is 23.0 Å². The molecule has 4 aromatic rings. The second-order valence-corrected chi connectivity index (χ2v) is 7.95. The van der Waals surface area contributed by atoms with E-state index in [1.54, 1.807) is 24.4 Å². The van der Waals surface area contributed by atoms with Crippen molar-refractivity contribution in [1.29, 1.82) is 0 Å². The summed E-state index contributed by atoms with van der Waals surface area (Å²) in [7, 11) is 1.83. The van der Waals surface area contributed by atoms with Gasteiger partial charge in [0, 0.05) is 36.9 Å². The van der Waals surface area contributed by atoms with Crippen molar-refractivity contribution in [2.75, 3.05) is 6.61 Å². The molecule has 7 nitrogen and oxygen atoms in total. The lowest BCUT2D eigenvalue weighted by atomic mass is 10.1. The van der Waals surface area contributed by atoms with Crippen molar-refractivity contribution in [2.45, 2.75) is 32.7 Å². The fourth-order valence-corrected chi connectivity index (χ4v) is 3.84. The van der Waals surface area contributed by atoms with Crippen molar-refractivity contribution < 1.29 is 37.1 Å². The molecular formula is C25H23F3N2O5. The predicted octanol–water partition coefficient (Wildman–Crippen LogP) is 5.59. The number of alkyl halides is 3. The SMILES string of the molecule is CCOCc1c(COc2ccc3c(CC(=O)O)cn(C)c3c2)noc1-c1ccc(C(F)(F)F)cc1. The zero-order chi connectivity index (χ0) is 25.2. The molecule has 10 heteroatoms. The third-order valence-corrected chi connectivity index (χ3v) is 5.56. The number of carboxylic acids is 1. The van der Waals surface area contributed by atoms with Gasteiger partial charge in [0.2, 0.25) is 0 Å². The number of aryl methyl sites for hydroxylation is 1. The van der Waals surface area contributed by atoms with Gasteiger partial charge in [-0.05, 0) is 36.8 Å². The van der Waals surface area contributed by atoms with Gasteiger partial charge in [-0.1, -0.05) is 17.3 Å². The number of benzene rings is 2. The molecule has 0 spiro atoms. The quantitative estimate of drug-likeness (QED) is 0.330. The molecule has 4 rings (SSSR count). The van der Waals surface area contributed by atoms with Crippen LogP contribution in [-0.4, -0.2) is 27.4 Å². The van der Waals surface area contributed by atoms with Crippen molar-refractivity contribution >= 4 is 16.9 Å². The fraction of sp³-hybridized carbons (Fsp3) is 0.280. The summed E-state index contributed by atoms with van der Waals surface area (Å²) in [6, 6.07) is 10.0. The van der Waals surface area contributed by atoms with Crippen molar-refractivity contribution in [3.63, 3.8) is 0 Å². The Bertz CT molecular complexity index is 1340. The van der Waals surface area contributed by atoms with Gasteiger partial charge in [0.05, 0.1) is 29.7 Å². The van der Waals surface area contributed by atoms with Crippen LogP contribution < -0.4 is 4.74 Å². The Hall–Kier alpha value is -3.79. The molecule has 0 aliphatic heterocycles. The minimum Gasteiger partial charge on any atom is -0.487 e. The molecule has 0 aliphatic rings. The first kappa shape index (κ1) is 24.3. The smallest absolute Gasteiger partial charge is 0.416 e. The Morgan fingerprint density at radius 1 is 1.14 bits per heavy atom. The molecule has 0 fully saturated rings. The molecule has 35 heavy (non-hydrogen) atoms. The zero-order valence-electron chi connectivity index (χ0n) is 19.1. The minimum atomic E-state index is -4.43. The highest BCUT2D eigenvalue weighted by Gasteiger charge is 2.30. The number of rotatable bonds is 9. The van der Waals surface area contributed by atoms with Crippen LogP contribution in [0.25, 0.3) is 22.2 Å². The average Bonchev–Trinajstić information content (AvgIpc) is 3.35. The van der Waals surface area contributed by atoms with Crippen LogP contribution in [0.1, 0.15) is 29.3 Å². The first-order valence-electron chi connectivity index (χ1n) is 10.8. The summed E-state index contributed by atoms with van der Waals surface area (Å²) < 4.78 is 57.5. The normalized spacial score (nSPS) is 11.8. The molecule has 2 aromatic heterocycles. The van der Waals surface area contributed by atoms with Crippen molar-refractivity contribution in [1.82, 2.24) is 9.72 Å². The third kappa shape index (κ3) is 5.32. The van der Waals surface area contributed by atoms with E-state index in [-0.39, 0.29) is 19.6 Å². The van der Waals surface area contributed by atoms with Crippen LogP contribution in [0.2, 0.25) is 0 Å². The van der Waals surface area contributed by atoms with Gasteiger partial charge < -0.3 is 23.7 Å². The van der Waals surface area contributed by atoms with Gasteiger partial charge in [0.15, 0.2) is 5.76 Å². The van der Waals surface area contributed by atoms with Crippen LogP contribution in [-0.2, 0) is 42.4 Å². The van der Waals surface area contributed by atoms with Crippen molar-refractivity contribution in [2.24, 2.45) is 7.05 Å². The fourth-order valence-electron chi connectivity index (χ4n) is 3.84. The summed E-state index contributed by atoms with van der Waals surface area (Å²) >= 11 is 0. The van der Waals surface area contributed by atoms with E-state index in [4.69, 9.17) is 19.1 Å². The van der Waals surface area contributed by atoms with E-state index in [1.807, 2.05) is 18.5 Å². The van der Waals surface area contributed by atoms with Crippen LogP contribution >= 0.6 is 0 Å². The molecule has 0 saturated carbocycles. The Morgan fingerprint density at radius 2 is 1.89 bits per heavy atom. The molecule has 2 heterocycles. The molecule has 0 radical (unpaired) electrons. The average molecular weight is 488 g/mol. The molecule has 0 bridgehead atoms.